The minimum absolute atomic E-state index is 0.149. The zero-order valence-corrected chi connectivity index (χ0v) is 13.4. The summed E-state index contributed by atoms with van der Waals surface area (Å²) in [6.07, 6.45) is 7.92. The van der Waals surface area contributed by atoms with E-state index in [4.69, 9.17) is 0 Å². The highest BCUT2D eigenvalue weighted by atomic mass is 15.2. The highest BCUT2D eigenvalue weighted by molar-refractivity contribution is 5.52. The standard InChI is InChI=1S/C17H29N3/c1-5-6-14-8-10-20(13-14)16-12-18-9-7-15(16)11-19-17(2,3)4/h7,9,12,14,19H,5-6,8,10-11,13H2,1-4H3. The Morgan fingerprint density at radius 3 is 2.90 bits per heavy atom. The van der Waals surface area contributed by atoms with E-state index in [1.807, 2.05) is 12.4 Å². The van der Waals surface area contributed by atoms with Crippen LogP contribution in [0.1, 0.15) is 52.5 Å². The summed E-state index contributed by atoms with van der Waals surface area (Å²) in [4.78, 5) is 6.86. The molecule has 1 atom stereocenters. The van der Waals surface area contributed by atoms with Crippen molar-refractivity contribution in [3.63, 3.8) is 0 Å². The number of hydrogen-bond donors (Lipinski definition) is 1. The lowest BCUT2D eigenvalue weighted by Gasteiger charge is -2.25. The van der Waals surface area contributed by atoms with E-state index in [0.717, 1.165) is 12.5 Å². The summed E-state index contributed by atoms with van der Waals surface area (Å²) in [6, 6.07) is 2.15. The van der Waals surface area contributed by atoms with Gasteiger partial charge in [-0.15, -0.1) is 0 Å². The molecule has 0 aromatic carbocycles. The normalized spacial score (nSPS) is 19.6. The number of hydrogen-bond acceptors (Lipinski definition) is 3. The van der Waals surface area contributed by atoms with Gasteiger partial charge in [0, 0.05) is 31.4 Å². The molecule has 3 heteroatoms. The van der Waals surface area contributed by atoms with E-state index in [2.05, 4.69) is 49.0 Å². The maximum Gasteiger partial charge on any atom is 0.0598 e. The van der Waals surface area contributed by atoms with Crippen LogP contribution in [0.15, 0.2) is 18.5 Å². The summed E-state index contributed by atoms with van der Waals surface area (Å²) in [6.45, 7) is 12.2. The average Bonchev–Trinajstić information content (AvgIpc) is 2.85. The van der Waals surface area contributed by atoms with Gasteiger partial charge in [0.25, 0.3) is 0 Å². The number of nitrogens with zero attached hydrogens (tertiary/aromatic N) is 2. The van der Waals surface area contributed by atoms with Gasteiger partial charge in [-0.1, -0.05) is 13.3 Å². The zero-order valence-electron chi connectivity index (χ0n) is 13.4. The molecule has 1 unspecified atom stereocenters. The molecule has 1 fully saturated rings. The molecule has 0 bridgehead atoms. The third-order valence-corrected chi connectivity index (χ3v) is 4.02. The van der Waals surface area contributed by atoms with Gasteiger partial charge >= 0.3 is 0 Å². The predicted octanol–water partition coefficient (Wildman–Crippen LogP) is 3.60. The van der Waals surface area contributed by atoms with Gasteiger partial charge < -0.3 is 10.2 Å². The van der Waals surface area contributed by atoms with Gasteiger partial charge in [0.1, 0.15) is 0 Å². The van der Waals surface area contributed by atoms with Crippen LogP contribution in [0.25, 0.3) is 0 Å². The maximum absolute atomic E-state index is 4.34. The molecule has 112 valence electrons. The Morgan fingerprint density at radius 2 is 2.20 bits per heavy atom. The molecule has 0 saturated carbocycles. The fourth-order valence-electron chi connectivity index (χ4n) is 2.90. The quantitative estimate of drug-likeness (QED) is 0.890. The minimum Gasteiger partial charge on any atom is -0.370 e. The van der Waals surface area contributed by atoms with E-state index >= 15 is 0 Å². The van der Waals surface area contributed by atoms with Crippen LogP contribution in [0.2, 0.25) is 0 Å². The van der Waals surface area contributed by atoms with Crippen LogP contribution >= 0.6 is 0 Å². The van der Waals surface area contributed by atoms with Crippen molar-refractivity contribution >= 4 is 5.69 Å². The Balaban J connectivity index is 2.04. The van der Waals surface area contributed by atoms with Crippen molar-refractivity contribution in [3.05, 3.63) is 24.0 Å². The van der Waals surface area contributed by atoms with E-state index < -0.39 is 0 Å². The van der Waals surface area contributed by atoms with E-state index in [1.54, 1.807) is 0 Å². The number of nitrogens with one attached hydrogen (secondary N) is 1. The third kappa shape index (κ3) is 4.20. The Labute approximate surface area is 123 Å². The Hall–Kier alpha value is -1.09. The van der Waals surface area contributed by atoms with Crippen molar-refractivity contribution < 1.29 is 0 Å². The third-order valence-electron chi connectivity index (χ3n) is 4.02. The Morgan fingerprint density at radius 1 is 1.40 bits per heavy atom. The molecular formula is C17H29N3. The molecular weight excluding hydrogens is 246 g/mol. The summed E-state index contributed by atoms with van der Waals surface area (Å²) in [5, 5.41) is 3.58. The minimum atomic E-state index is 0.149. The van der Waals surface area contributed by atoms with Crippen LogP contribution in [0.5, 0.6) is 0 Å². The SMILES string of the molecule is CCCC1CCN(c2cnccc2CNC(C)(C)C)C1. The first kappa shape index (κ1) is 15.3. The highest BCUT2D eigenvalue weighted by Crippen LogP contribution is 2.28. The Bertz CT molecular complexity index is 422. The van der Waals surface area contributed by atoms with Crippen LogP contribution in [0.3, 0.4) is 0 Å². The molecule has 0 radical (unpaired) electrons. The van der Waals surface area contributed by atoms with Crippen LogP contribution in [-0.4, -0.2) is 23.6 Å². The monoisotopic (exact) mass is 275 g/mol. The summed E-state index contributed by atoms with van der Waals surface area (Å²) < 4.78 is 0. The number of pyridine rings is 1. The molecule has 0 amide bonds. The second-order valence-electron chi connectivity index (χ2n) is 7.00. The molecule has 1 N–H and O–H groups in total. The van der Waals surface area contributed by atoms with E-state index in [0.29, 0.717) is 0 Å². The van der Waals surface area contributed by atoms with Crippen molar-refractivity contribution in [1.29, 1.82) is 0 Å². The molecule has 1 saturated heterocycles. The van der Waals surface area contributed by atoms with E-state index in [-0.39, 0.29) is 5.54 Å². The van der Waals surface area contributed by atoms with Crippen LogP contribution in [-0.2, 0) is 6.54 Å². The Kier molecular flexibility index (Phi) is 5.03. The van der Waals surface area contributed by atoms with Crippen molar-refractivity contribution in [1.82, 2.24) is 10.3 Å². The lowest BCUT2D eigenvalue weighted by atomic mass is 10.0. The second-order valence-corrected chi connectivity index (χ2v) is 7.00. The van der Waals surface area contributed by atoms with Gasteiger partial charge in [-0.05, 0) is 51.2 Å². The predicted molar refractivity (Wildman–Crippen MR) is 86.1 cm³/mol. The second kappa shape index (κ2) is 6.57. The first-order valence-corrected chi connectivity index (χ1v) is 7.92. The van der Waals surface area contributed by atoms with Gasteiger partial charge in [-0.25, -0.2) is 0 Å². The first-order chi connectivity index (χ1) is 9.49. The van der Waals surface area contributed by atoms with Gasteiger partial charge in [0.05, 0.1) is 11.9 Å². The smallest absolute Gasteiger partial charge is 0.0598 e. The van der Waals surface area contributed by atoms with Crippen LogP contribution in [0, 0.1) is 5.92 Å². The molecule has 20 heavy (non-hydrogen) atoms. The van der Waals surface area contributed by atoms with Gasteiger partial charge in [0.15, 0.2) is 0 Å². The van der Waals surface area contributed by atoms with E-state index in [9.17, 15) is 0 Å². The first-order valence-electron chi connectivity index (χ1n) is 7.92. The van der Waals surface area contributed by atoms with E-state index in [1.165, 1.54) is 43.6 Å². The topological polar surface area (TPSA) is 28.2 Å². The van der Waals surface area contributed by atoms with Crippen molar-refractivity contribution in [2.75, 3.05) is 18.0 Å². The lowest BCUT2D eigenvalue weighted by molar-refractivity contribution is 0.424. The molecule has 2 rings (SSSR count). The van der Waals surface area contributed by atoms with Crippen molar-refractivity contribution in [3.8, 4) is 0 Å². The molecule has 1 aromatic heterocycles. The van der Waals surface area contributed by atoms with Gasteiger partial charge in [0.2, 0.25) is 0 Å². The molecule has 3 nitrogen and oxygen atoms in total. The molecule has 0 spiro atoms. The summed E-state index contributed by atoms with van der Waals surface area (Å²) in [5.41, 5.74) is 2.84. The number of rotatable bonds is 5. The van der Waals surface area contributed by atoms with Crippen LogP contribution in [0.4, 0.5) is 5.69 Å². The fraction of sp³-hybridized carbons (Fsp3) is 0.706. The molecule has 1 aliphatic rings. The van der Waals surface area contributed by atoms with Crippen molar-refractivity contribution in [2.24, 2.45) is 5.92 Å². The zero-order chi connectivity index (χ0) is 14.6. The van der Waals surface area contributed by atoms with Crippen molar-refractivity contribution in [2.45, 2.75) is 59.0 Å². The van der Waals surface area contributed by atoms with Crippen LogP contribution < -0.4 is 10.2 Å². The van der Waals surface area contributed by atoms with Gasteiger partial charge in [-0.2, -0.15) is 0 Å². The summed E-state index contributed by atoms with van der Waals surface area (Å²) >= 11 is 0. The summed E-state index contributed by atoms with van der Waals surface area (Å²) in [7, 11) is 0. The van der Waals surface area contributed by atoms with Gasteiger partial charge in [-0.3, -0.25) is 4.98 Å². The molecule has 2 heterocycles. The molecule has 1 aromatic rings. The molecule has 0 aliphatic carbocycles. The lowest BCUT2D eigenvalue weighted by Crippen LogP contribution is -2.35. The average molecular weight is 275 g/mol. The summed E-state index contributed by atoms with van der Waals surface area (Å²) in [5.74, 6) is 0.864. The number of aromatic nitrogens is 1. The number of anilines is 1. The highest BCUT2D eigenvalue weighted by Gasteiger charge is 2.23. The fourth-order valence-corrected chi connectivity index (χ4v) is 2.90. The maximum atomic E-state index is 4.34. The largest absolute Gasteiger partial charge is 0.370 e. The molecule has 1 aliphatic heterocycles.